The van der Waals surface area contributed by atoms with E-state index in [2.05, 4.69) is 36.8 Å². The molecule has 1 amide bonds. The van der Waals surface area contributed by atoms with Crippen molar-refractivity contribution in [2.75, 3.05) is 0 Å². The molecule has 17 heavy (non-hydrogen) atoms. The first-order valence-corrected chi connectivity index (χ1v) is 5.75. The third-order valence-electron chi connectivity index (χ3n) is 2.10. The van der Waals surface area contributed by atoms with E-state index >= 15 is 0 Å². The van der Waals surface area contributed by atoms with Gasteiger partial charge < -0.3 is 5.32 Å². The Morgan fingerprint density at radius 1 is 1.35 bits per heavy atom. The summed E-state index contributed by atoms with van der Waals surface area (Å²) in [5, 5.41) is 13.3. The average Bonchev–Trinajstić information content (AvgIpc) is 2.81. The molecule has 88 valence electrons. The van der Waals surface area contributed by atoms with E-state index in [0.29, 0.717) is 6.54 Å². The lowest BCUT2D eigenvalue weighted by Crippen LogP contribution is -2.27. The van der Waals surface area contributed by atoms with Crippen molar-refractivity contribution in [3.8, 4) is 0 Å². The minimum atomic E-state index is -0.125. The SMILES string of the molecule is O=C(Cn1cnnn1)NCc1ccc(Br)cc1. The number of nitrogens with one attached hydrogen (secondary N) is 1. The molecule has 0 aliphatic carbocycles. The van der Waals surface area contributed by atoms with Crippen molar-refractivity contribution in [1.29, 1.82) is 0 Å². The maximum Gasteiger partial charge on any atom is 0.242 e. The monoisotopic (exact) mass is 295 g/mol. The van der Waals surface area contributed by atoms with E-state index in [1.807, 2.05) is 24.3 Å². The third-order valence-corrected chi connectivity index (χ3v) is 2.63. The van der Waals surface area contributed by atoms with E-state index in [1.54, 1.807) is 0 Å². The zero-order chi connectivity index (χ0) is 12.1. The lowest BCUT2D eigenvalue weighted by molar-refractivity contribution is -0.122. The number of aromatic nitrogens is 4. The van der Waals surface area contributed by atoms with Crippen LogP contribution in [-0.2, 0) is 17.9 Å². The van der Waals surface area contributed by atoms with Crippen molar-refractivity contribution in [1.82, 2.24) is 25.5 Å². The molecule has 2 aromatic rings. The fourth-order valence-electron chi connectivity index (χ4n) is 1.26. The van der Waals surface area contributed by atoms with Gasteiger partial charge in [0, 0.05) is 11.0 Å². The standard InChI is InChI=1S/C10H10BrN5O/c11-9-3-1-8(2-4-9)5-12-10(17)6-16-7-13-14-15-16/h1-4,7H,5-6H2,(H,12,17). The van der Waals surface area contributed by atoms with E-state index in [0.717, 1.165) is 10.0 Å². The van der Waals surface area contributed by atoms with Crippen LogP contribution in [0.15, 0.2) is 35.1 Å². The molecule has 1 aromatic heterocycles. The van der Waals surface area contributed by atoms with E-state index < -0.39 is 0 Å². The largest absolute Gasteiger partial charge is 0.350 e. The first kappa shape index (κ1) is 11.7. The van der Waals surface area contributed by atoms with Crippen LogP contribution in [0.3, 0.4) is 0 Å². The van der Waals surface area contributed by atoms with Crippen LogP contribution in [0.1, 0.15) is 5.56 Å². The summed E-state index contributed by atoms with van der Waals surface area (Å²) in [4.78, 5) is 11.5. The van der Waals surface area contributed by atoms with Crippen LogP contribution < -0.4 is 5.32 Å². The smallest absolute Gasteiger partial charge is 0.242 e. The highest BCUT2D eigenvalue weighted by Gasteiger charge is 2.03. The van der Waals surface area contributed by atoms with Crippen molar-refractivity contribution in [3.63, 3.8) is 0 Å². The van der Waals surface area contributed by atoms with E-state index in [4.69, 9.17) is 0 Å². The van der Waals surface area contributed by atoms with Crippen molar-refractivity contribution in [3.05, 3.63) is 40.6 Å². The summed E-state index contributed by atoms with van der Waals surface area (Å²) in [6, 6.07) is 7.76. The van der Waals surface area contributed by atoms with Crippen LogP contribution in [0.5, 0.6) is 0 Å². The normalized spacial score (nSPS) is 10.2. The minimum absolute atomic E-state index is 0.125. The van der Waals surface area contributed by atoms with Gasteiger partial charge in [-0.25, -0.2) is 4.68 Å². The van der Waals surface area contributed by atoms with Gasteiger partial charge in [0.1, 0.15) is 12.9 Å². The summed E-state index contributed by atoms with van der Waals surface area (Å²) in [6.45, 7) is 0.623. The molecule has 0 bridgehead atoms. The number of amides is 1. The highest BCUT2D eigenvalue weighted by atomic mass is 79.9. The van der Waals surface area contributed by atoms with E-state index in [-0.39, 0.29) is 12.5 Å². The second-order valence-corrected chi connectivity index (χ2v) is 4.33. The van der Waals surface area contributed by atoms with Gasteiger partial charge >= 0.3 is 0 Å². The summed E-state index contributed by atoms with van der Waals surface area (Å²) in [5.74, 6) is -0.125. The minimum Gasteiger partial charge on any atom is -0.350 e. The Hall–Kier alpha value is -1.76. The molecule has 0 atom stereocenters. The third kappa shape index (κ3) is 3.63. The van der Waals surface area contributed by atoms with Crippen molar-refractivity contribution < 1.29 is 4.79 Å². The molecule has 0 unspecified atom stereocenters. The molecule has 1 heterocycles. The molecular weight excluding hydrogens is 286 g/mol. The van der Waals surface area contributed by atoms with Crippen LogP contribution in [0.2, 0.25) is 0 Å². The number of hydrogen-bond acceptors (Lipinski definition) is 4. The maximum absolute atomic E-state index is 11.5. The van der Waals surface area contributed by atoms with Gasteiger partial charge in [0.25, 0.3) is 0 Å². The number of benzene rings is 1. The van der Waals surface area contributed by atoms with Crippen LogP contribution in [-0.4, -0.2) is 26.1 Å². The van der Waals surface area contributed by atoms with E-state index in [9.17, 15) is 4.79 Å². The average molecular weight is 296 g/mol. The Bertz CT molecular complexity index is 482. The molecule has 2 rings (SSSR count). The van der Waals surface area contributed by atoms with Gasteiger partial charge in [-0.1, -0.05) is 28.1 Å². The van der Waals surface area contributed by atoms with Crippen LogP contribution in [0.25, 0.3) is 0 Å². The summed E-state index contributed by atoms with van der Waals surface area (Å²) in [5.41, 5.74) is 1.04. The Kier molecular flexibility index (Phi) is 3.81. The maximum atomic E-state index is 11.5. The lowest BCUT2D eigenvalue weighted by atomic mass is 10.2. The van der Waals surface area contributed by atoms with Gasteiger partial charge in [0.05, 0.1) is 0 Å². The predicted octanol–water partition coefficient (Wildman–Crippen LogP) is 0.752. The molecule has 1 aromatic carbocycles. The first-order chi connectivity index (χ1) is 8.24. The molecule has 0 saturated heterocycles. The Labute approximate surface area is 106 Å². The van der Waals surface area contributed by atoms with Gasteiger partial charge in [-0.3, -0.25) is 4.79 Å². The fourth-order valence-corrected chi connectivity index (χ4v) is 1.52. The van der Waals surface area contributed by atoms with Crippen molar-refractivity contribution in [2.45, 2.75) is 13.1 Å². The molecule has 6 nitrogen and oxygen atoms in total. The number of carbonyl (C=O) groups excluding carboxylic acids is 1. The summed E-state index contributed by atoms with van der Waals surface area (Å²) < 4.78 is 2.39. The van der Waals surface area contributed by atoms with Gasteiger partial charge in [-0.15, -0.1) is 5.10 Å². The van der Waals surface area contributed by atoms with Gasteiger partial charge in [-0.05, 0) is 28.1 Å². The number of carbonyl (C=O) groups is 1. The topological polar surface area (TPSA) is 72.7 Å². The first-order valence-electron chi connectivity index (χ1n) is 4.96. The Morgan fingerprint density at radius 3 is 2.76 bits per heavy atom. The second-order valence-electron chi connectivity index (χ2n) is 3.41. The molecule has 0 fully saturated rings. The fraction of sp³-hybridized carbons (Fsp3) is 0.200. The highest BCUT2D eigenvalue weighted by molar-refractivity contribution is 9.10. The Balaban J connectivity index is 1.82. The van der Waals surface area contributed by atoms with Gasteiger partial charge in [-0.2, -0.15) is 0 Å². The summed E-state index contributed by atoms with van der Waals surface area (Å²) in [6.07, 6.45) is 1.40. The van der Waals surface area contributed by atoms with Crippen molar-refractivity contribution in [2.24, 2.45) is 0 Å². The second kappa shape index (κ2) is 5.53. The molecule has 0 aliphatic rings. The Morgan fingerprint density at radius 2 is 2.12 bits per heavy atom. The number of nitrogens with zero attached hydrogens (tertiary/aromatic N) is 4. The highest BCUT2D eigenvalue weighted by Crippen LogP contribution is 2.10. The summed E-state index contributed by atoms with van der Waals surface area (Å²) in [7, 11) is 0. The molecule has 0 aliphatic heterocycles. The van der Waals surface area contributed by atoms with Crippen LogP contribution in [0.4, 0.5) is 0 Å². The van der Waals surface area contributed by atoms with E-state index in [1.165, 1.54) is 11.0 Å². The molecule has 0 saturated carbocycles. The van der Waals surface area contributed by atoms with Crippen LogP contribution >= 0.6 is 15.9 Å². The number of hydrogen-bond donors (Lipinski definition) is 1. The number of halogens is 1. The number of tetrazole rings is 1. The predicted molar refractivity (Wildman–Crippen MR) is 63.8 cm³/mol. The molecular formula is C10H10BrN5O. The van der Waals surface area contributed by atoms with Crippen LogP contribution in [0, 0.1) is 0 Å². The molecule has 7 heteroatoms. The zero-order valence-electron chi connectivity index (χ0n) is 8.88. The number of rotatable bonds is 4. The molecule has 1 N–H and O–H groups in total. The summed E-state index contributed by atoms with van der Waals surface area (Å²) >= 11 is 3.35. The molecule has 0 spiro atoms. The molecule has 0 radical (unpaired) electrons. The quantitative estimate of drug-likeness (QED) is 0.903. The van der Waals surface area contributed by atoms with Gasteiger partial charge in [0.2, 0.25) is 5.91 Å². The van der Waals surface area contributed by atoms with Gasteiger partial charge in [0.15, 0.2) is 0 Å². The lowest BCUT2D eigenvalue weighted by Gasteiger charge is -2.04. The zero-order valence-corrected chi connectivity index (χ0v) is 10.5. The van der Waals surface area contributed by atoms with Crippen molar-refractivity contribution >= 4 is 21.8 Å².